The molecule has 0 N–H and O–H groups in total. The zero-order chi connectivity index (χ0) is 13.3. The van der Waals surface area contributed by atoms with Crippen molar-refractivity contribution in [3.63, 3.8) is 0 Å². The van der Waals surface area contributed by atoms with Crippen LogP contribution in [0.25, 0.3) is 0 Å². The number of morpholine rings is 1. The Balaban J connectivity index is 1.75. The summed E-state index contributed by atoms with van der Waals surface area (Å²) in [7, 11) is 0. The van der Waals surface area contributed by atoms with Crippen molar-refractivity contribution in [1.82, 2.24) is 4.90 Å². The van der Waals surface area contributed by atoms with Gasteiger partial charge < -0.3 is 9.47 Å². The zero-order valence-corrected chi connectivity index (χ0v) is 11.8. The van der Waals surface area contributed by atoms with Crippen LogP contribution < -0.4 is 0 Å². The van der Waals surface area contributed by atoms with Crippen molar-refractivity contribution >= 4 is 0 Å². The quantitative estimate of drug-likeness (QED) is 0.817. The molecule has 0 unspecified atom stereocenters. The third-order valence-electron chi connectivity index (χ3n) is 4.70. The lowest BCUT2D eigenvalue weighted by atomic mass is 9.92. The summed E-state index contributed by atoms with van der Waals surface area (Å²) in [6.07, 6.45) is 1.23. The SMILES string of the molecule is C[C@H](c1ccccc1)N1CCO[C@@]2(CCO[C@H]2C)C1. The highest BCUT2D eigenvalue weighted by Crippen LogP contribution is 2.35. The summed E-state index contributed by atoms with van der Waals surface area (Å²) in [4.78, 5) is 2.53. The van der Waals surface area contributed by atoms with Crippen molar-refractivity contribution in [2.75, 3.05) is 26.3 Å². The molecule has 2 aliphatic rings. The van der Waals surface area contributed by atoms with Crippen molar-refractivity contribution in [3.8, 4) is 0 Å². The highest BCUT2D eigenvalue weighted by molar-refractivity contribution is 5.18. The fraction of sp³-hybridized carbons (Fsp3) is 0.625. The number of rotatable bonds is 2. The van der Waals surface area contributed by atoms with E-state index in [2.05, 4.69) is 49.1 Å². The van der Waals surface area contributed by atoms with Crippen LogP contribution in [-0.4, -0.2) is 42.9 Å². The van der Waals surface area contributed by atoms with Crippen LogP contribution in [0.5, 0.6) is 0 Å². The average Bonchev–Trinajstić information content (AvgIpc) is 2.80. The summed E-state index contributed by atoms with van der Waals surface area (Å²) in [6.45, 7) is 8.05. The topological polar surface area (TPSA) is 21.7 Å². The Labute approximate surface area is 115 Å². The van der Waals surface area contributed by atoms with Crippen molar-refractivity contribution in [3.05, 3.63) is 35.9 Å². The maximum absolute atomic E-state index is 6.09. The van der Waals surface area contributed by atoms with E-state index in [1.807, 2.05) is 0 Å². The molecule has 2 aliphatic heterocycles. The third kappa shape index (κ3) is 2.42. The highest BCUT2D eigenvalue weighted by atomic mass is 16.6. The van der Waals surface area contributed by atoms with Crippen LogP contribution in [0, 0.1) is 0 Å². The molecule has 3 rings (SSSR count). The largest absolute Gasteiger partial charge is 0.375 e. The molecule has 3 heteroatoms. The molecule has 0 aromatic heterocycles. The minimum Gasteiger partial charge on any atom is -0.375 e. The number of hydrogen-bond acceptors (Lipinski definition) is 3. The van der Waals surface area contributed by atoms with Crippen LogP contribution in [0.4, 0.5) is 0 Å². The number of ether oxygens (including phenoxy) is 2. The predicted molar refractivity (Wildman–Crippen MR) is 75.1 cm³/mol. The standard InChI is InChI=1S/C16H23NO2/c1-13(15-6-4-3-5-7-15)17-9-11-19-16(12-17)8-10-18-14(16)2/h3-7,13-14H,8-12H2,1-2H3/t13-,14+,16+/m1/s1. The van der Waals surface area contributed by atoms with E-state index in [0.717, 1.165) is 32.7 Å². The molecule has 1 aromatic rings. The maximum Gasteiger partial charge on any atom is 0.109 e. The Morgan fingerprint density at radius 2 is 2.05 bits per heavy atom. The Morgan fingerprint density at radius 1 is 1.26 bits per heavy atom. The van der Waals surface area contributed by atoms with Crippen molar-refractivity contribution in [2.24, 2.45) is 0 Å². The Kier molecular flexibility index (Phi) is 3.61. The molecular formula is C16H23NO2. The van der Waals surface area contributed by atoms with Crippen LogP contribution in [0.15, 0.2) is 30.3 Å². The average molecular weight is 261 g/mol. The zero-order valence-electron chi connectivity index (χ0n) is 11.8. The van der Waals surface area contributed by atoms with Crippen LogP contribution in [-0.2, 0) is 9.47 Å². The molecule has 0 bridgehead atoms. The van der Waals surface area contributed by atoms with E-state index in [1.54, 1.807) is 0 Å². The van der Waals surface area contributed by atoms with Gasteiger partial charge in [0.1, 0.15) is 5.60 Å². The summed E-state index contributed by atoms with van der Waals surface area (Å²) in [5, 5.41) is 0. The van der Waals surface area contributed by atoms with Gasteiger partial charge in [-0.25, -0.2) is 0 Å². The monoisotopic (exact) mass is 261 g/mol. The molecule has 0 aliphatic carbocycles. The lowest BCUT2D eigenvalue weighted by Crippen LogP contribution is -2.55. The second-order valence-electron chi connectivity index (χ2n) is 5.73. The molecule has 2 fully saturated rings. The first-order chi connectivity index (χ1) is 9.21. The molecule has 3 nitrogen and oxygen atoms in total. The Bertz CT molecular complexity index is 422. The van der Waals surface area contributed by atoms with Crippen LogP contribution in [0.1, 0.15) is 31.9 Å². The molecule has 0 radical (unpaired) electrons. The van der Waals surface area contributed by atoms with Gasteiger partial charge in [0.15, 0.2) is 0 Å². The van der Waals surface area contributed by atoms with Crippen LogP contribution in [0.3, 0.4) is 0 Å². The molecule has 1 aromatic carbocycles. The minimum atomic E-state index is -0.0821. The van der Waals surface area contributed by atoms with Gasteiger partial charge in [0.25, 0.3) is 0 Å². The van der Waals surface area contributed by atoms with Gasteiger partial charge in [-0.05, 0) is 19.4 Å². The molecule has 0 saturated carbocycles. The molecule has 2 heterocycles. The van der Waals surface area contributed by atoms with Gasteiger partial charge in [0.2, 0.25) is 0 Å². The van der Waals surface area contributed by atoms with Gasteiger partial charge in [0, 0.05) is 32.2 Å². The van der Waals surface area contributed by atoms with Gasteiger partial charge in [-0.2, -0.15) is 0 Å². The first kappa shape index (κ1) is 13.1. The number of nitrogens with zero attached hydrogens (tertiary/aromatic N) is 1. The maximum atomic E-state index is 6.09. The van der Waals surface area contributed by atoms with Crippen molar-refractivity contribution in [1.29, 1.82) is 0 Å². The van der Waals surface area contributed by atoms with E-state index < -0.39 is 0 Å². The predicted octanol–water partition coefficient (Wildman–Crippen LogP) is 2.63. The lowest BCUT2D eigenvalue weighted by molar-refractivity contribution is -0.142. The fourth-order valence-corrected chi connectivity index (χ4v) is 3.27. The van der Waals surface area contributed by atoms with Crippen LogP contribution in [0.2, 0.25) is 0 Å². The van der Waals surface area contributed by atoms with Crippen LogP contribution >= 0.6 is 0 Å². The van der Waals surface area contributed by atoms with E-state index in [1.165, 1.54) is 5.56 Å². The van der Waals surface area contributed by atoms with E-state index in [4.69, 9.17) is 9.47 Å². The normalized spacial score (nSPS) is 33.7. The van der Waals surface area contributed by atoms with Crippen molar-refractivity contribution < 1.29 is 9.47 Å². The number of benzene rings is 1. The summed E-state index contributed by atoms with van der Waals surface area (Å²) in [6, 6.07) is 11.2. The first-order valence-corrected chi connectivity index (χ1v) is 7.26. The van der Waals surface area contributed by atoms with Gasteiger partial charge in [0.05, 0.1) is 12.7 Å². The molecule has 104 valence electrons. The molecule has 2 saturated heterocycles. The van der Waals surface area contributed by atoms with Gasteiger partial charge in [-0.15, -0.1) is 0 Å². The molecule has 3 atom stereocenters. The molecule has 1 spiro atoms. The molecular weight excluding hydrogens is 238 g/mol. The smallest absolute Gasteiger partial charge is 0.109 e. The first-order valence-electron chi connectivity index (χ1n) is 7.26. The summed E-state index contributed by atoms with van der Waals surface area (Å²) < 4.78 is 11.8. The van der Waals surface area contributed by atoms with E-state index in [-0.39, 0.29) is 11.7 Å². The summed E-state index contributed by atoms with van der Waals surface area (Å²) >= 11 is 0. The minimum absolute atomic E-state index is 0.0821. The van der Waals surface area contributed by atoms with Gasteiger partial charge in [-0.3, -0.25) is 4.90 Å². The third-order valence-corrected chi connectivity index (χ3v) is 4.70. The molecule has 0 amide bonds. The second-order valence-corrected chi connectivity index (χ2v) is 5.73. The summed E-state index contributed by atoms with van der Waals surface area (Å²) in [5.41, 5.74) is 1.30. The van der Waals surface area contributed by atoms with E-state index in [9.17, 15) is 0 Å². The number of hydrogen-bond donors (Lipinski definition) is 0. The van der Waals surface area contributed by atoms with Gasteiger partial charge >= 0.3 is 0 Å². The second kappa shape index (κ2) is 5.23. The van der Waals surface area contributed by atoms with Gasteiger partial charge in [-0.1, -0.05) is 30.3 Å². The van der Waals surface area contributed by atoms with E-state index in [0.29, 0.717) is 6.04 Å². The summed E-state index contributed by atoms with van der Waals surface area (Å²) in [5.74, 6) is 0. The highest BCUT2D eigenvalue weighted by Gasteiger charge is 2.46. The molecule has 19 heavy (non-hydrogen) atoms. The van der Waals surface area contributed by atoms with E-state index >= 15 is 0 Å². The van der Waals surface area contributed by atoms with Crippen molar-refractivity contribution in [2.45, 2.75) is 38.0 Å². The Hall–Kier alpha value is -0.900. The fourth-order valence-electron chi connectivity index (χ4n) is 3.27. The Morgan fingerprint density at radius 3 is 2.74 bits per heavy atom. The lowest BCUT2D eigenvalue weighted by Gasteiger charge is -2.44.